The number of nitrogens with two attached hydrogens (primary N) is 1. The standard InChI is InChI=1S/C13H21N3/c1-16(12-4-2-3-5-12)13-7-6-11(8-9-14)10-15-13/h6-7,10,12H,2-5,8-9,14H2,1H3. The molecule has 88 valence electrons. The van der Waals surface area contributed by atoms with Crippen molar-refractivity contribution in [2.45, 2.75) is 38.1 Å². The number of aromatic nitrogens is 1. The Morgan fingerprint density at radius 3 is 2.69 bits per heavy atom. The zero-order valence-corrected chi connectivity index (χ0v) is 10.0. The predicted octanol–water partition coefficient (Wildman–Crippen LogP) is 1.96. The van der Waals surface area contributed by atoms with Gasteiger partial charge in [0.25, 0.3) is 0 Å². The minimum absolute atomic E-state index is 0.688. The van der Waals surface area contributed by atoms with E-state index in [0.717, 1.165) is 12.2 Å². The van der Waals surface area contributed by atoms with Crippen molar-refractivity contribution < 1.29 is 0 Å². The third-order valence-corrected chi connectivity index (χ3v) is 3.48. The Bertz CT molecular complexity index is 314. The average molecular weight is 219 g/mol. The van der Waals surface area contributed by atoms with Crippen LogP contribution < -0.4 is 10.6 Å². The molecule has 3 heteroatoms. The highest BCUT2D eigenvalue weighted by atomic mass is 15.2. The maximum Gasteiger partial charge on any atom is 0.128 e. The molecule has 1 heterocycles. The molecule has 1 aromatic rings. The monoisotopic (exact) mass is 219 g/mol. The van der Waals surface area contributed by atoms with Crippen molar-refractivity contribution in [3.05, 3.63) is 23.9 Å². The van der Waals surface area contributed by atoms with Gasteiger partial charge in [0, 0.05) is 19.3 Å². The Morgan fingerprint density at radius 2 is 2.12 bits per heavy atom. The predicted molar refractivity (Wildman–Crippen MR) is 67.7 cm³/mol. The summed E-state index contributed by atoms with van der Waals surface area (Å²) in [7, 11) is 2.15. The van der Waals surface area contributed by atoms with E-state index < -0.39 is 0 Å². The number of hydrogen-bond donors (Lipinski definition) is 1. The Kier molecular flexibility index (Phi) is 3.78. The molecule has 0 aromatic carbocycles. The van der Waals surface area contributed by atoms with Crippen LogP contribution in [0, 0.1) is 0 Å². The van der Waals surface area contributed by atoms with Gasteiger partial charge in [0.05, 0.1) is 0 Å². The van der Waals surface area contributed by atoms with Crippen LogP contribution in [0.25, 0.3) is 0 Å². The van der Waals surface area contributed by atoms with Gasteiger partial charge < -0.3 is 10.6 Å². The van der Waals surface area contributed by atoms with Gasteiger partial charge in [0.1, 0.15) is 5.82 Å². The largest absolute Gasteiger partial charge is 0.357 e. The van der Waals surface area contributed by atoms with Crippen molar-refractivity contribution in [3.63, 3.8) is 0 Å². The third kappa shape index (κ3) is 2.53. The molecular weight excluding hydrogens is 198 g/mol. The Hall–Kier alpha value is -1.09. The fourth-order valence-corrected chi connectivity index (χ4v) is 2.42. The second-order valence-corrected chi connectivity index (χ2v) is 4.61. The first-order valence-electron chi connectivity index (χ1n) is 6.19. The van der Waals surface area contributed by atoms with E-state index >= 15 is 0 Å². The summed E-state index contributed by atoms with van der Waals surface area (Å²) in [6.07, 6.45) is 8.21. The van der Waals surface area contributed by atoms with Crippen LogP contribution in [0.15, 0.2) is 18.3 Å². The smallest absolute Gasteiger partial charge is 0.128 e. The van der Waals surface area contributed by atoms with Gasteiger partial charge in [0.15, 0.2) is 0 Å². The molecule has 0 amide bonds. The van der Waals surface area contributed by atoms with Gasteiger partial charge in [-0.05, 0) is 37.4 Å². The van der Waals surface area contributed by atoms with Crippen LogP contribution >= 0.6 is 0 Å². The molecule has 0 bridgehead atoms. The summed E-state index contributed by atoms with van der Waals surface area (Å²) in [5.74, 6) is 1.09. The van der Waals surface area contributed by atoms with Crippen LogP contribution in [0.1, 0.15) is 31.2 Å². The maximum absolute atomic E-state index is 5.52. The van der Waals surface area contributed by atoms with Crippen LogP contribution in [-0.2, 0) is 6.42 Å². The number of rotatable bonds is 4. The van der Waals surface area contributed by atoms with Crippen molar-refractivity contribution in [1.82, 2.24) is 4.98 Å². The SMILES string of the molecule is CN(c1ccc(CCN)cn1)C1CCCC1. The number of nitrogens with zero attached hydrogens (tertiary/aromatic N) is 2. The van der Waals surface area contributed by atoms with Gasteiger partial charge in [0.2, 0.25) is 0 Å². The van der Waals surface area contributed by atoms with Crippen molar-refractivity contribution in [2.24, 2.45) is 5.73 Å². The molecule has 1 fully saturated rings. The topological polar surface area (TPSA) is 42.1 Å². The lowest BCUT2D eigenvalue weighted by molar-refractivity contribution is 0.646. The molecule has 0 unspecified atom stereocenters. The zero-order chi connectivity index (χ0) is 11.4. The summed E-state index contributed by atoms with van der Waals surface area (Å²) in [4.78, 5) is 6.83. The summed E-state index contributed by atoms with van der Waals surface area (Å²) < 4.78 is 0. The first-order valence-corrected chi connectivity index (χ1v) is 6.19. The summed E-state index contributed by atoms with van der Waals surface area (Å²) in [6.45, 7) is 0.694. The molecule has 1 saturated carbocycles. The van der Waals surface area contributed by atoms with Crippen LogP contribution in [0.3, 0.4) is 0 Å². The number of hydrogen-bond acceptors (Lipinski definition) is 3. The van der Waals surface area contributed by atoms with Crippen molar-refractivity contribution in [2.75, 3.05) is 18.5 Å². The van der Waals surface area contributed by atoms with E-state index in [4.69, 9.17) is 5.73 Å². The molecule has 2 N–H and O–H groups in total. The Morgan fingerprint density at radius 1 is 1.38 bits per heavy atom. The van der Waals surface area contributed by atoms with Crippen molar-refractivity contribution in [1.29, 1.82) is 0 Å². The molecule has 1 aliphatic rings. The van der Waals surface area contributed by atoms with Crippen molar-refractivity contribution in [3.8, 4) is 0 Å². The first-order chi connectivity index (χ1) is 7.81. The van der Waals surface area contributed by atoms with Crippen LogP contribution in [0.4, 0.5) is 5.82 Å². The van der Waals surface area contributed by atoms with E-state index in [0.29, 0.717) is 12.6 Å². The number of pyridine rings is 1. The maximum atomic E-state index is 5.52. The second kappa shape index (κ2) is 5.30. The van der Waals surface area contributed by atoms with E-state index in [1.807, 2.05) is 6.20 Å². The highest BCUT2D eigenvalue weighted by Crippen LogP contribution is 2.25. The summed E-state index contributed by atoms with van der Waals surface area (Å²) in [6, 6.07) is 4.94. The van der Waals surface area contributed by atoms with E-state index in [-0.39, 0.29) is 0 Å². The normalized spacial score (nSPS) is 16.6. The molecule has 0 saturated heterocycles. The molecule has 2 rings (SSSR count). The molecule has 0 atom stereocenters. The van der Waals surface area contributed by atoms with Gasteiger partial charge in [-0.1, -0.05) is 18.9 Å². The van der Waals surface area contributed by atoms with E-state index in [1.54, 1.807) is 0 Å². The Balaban J connectivity index is 2.02. The summed E-state index contributed by atoms with van der Waals surface area (Å²) in [5.41, 5.74) is 6.75. The second-order valence-electron chi connectivity index (χ2n) is 4.61. The molecule has 0 spiro atoms. The van der Waals surface area contributed by atoms with Gasteiger partial charge in [-0.15, -0.1) is 0 Å². The van der Waals surface area contributed by atoms with Crippen LogP contribution in [-0.4, -0.2) is 24.6 Å². The first kappa shape index (κ1) is 11.4. The minimum atomic E-state index is 0.688. The van der Waals surface area contributed by atoms with E-state index in [2.05, 4.69) is 29.1 Å². The van der Waals surface area contributed by atoms with E-state index in [9.17, 15) is 0 Å². The minimum Gasteiger partial charge on any atom is -0.357 e. The van der Waals surface area contributed by atoms with Crippen LogP contribution in [0.2, 0.25) is 0 Å². The van der Waals surface area contributed by atoms with Gasteiger partial charge >= 0.3 is 0 Å². The lowest BCUT2D eigenvalue weighted by atomic mass is 10.2. The van der Waals surface area contributed by atoms with Gasteiger partial charge in [-0.2, -0.15) is 0 Å². The fourth-order valence-electron chi connectivity index (χ4n) is 2.42. The molecular formula is C13H21N3. The average Bonchev–Trinajstić information content (AvgIpc) is 2.83. The molecule has 1 aromatic heterocycles. The third-order valence-electron chi connectivity index (χ3n) is 3.48. The zero-order valence-electron chi connectivity index (χ0n) is 10.0. The van der Waals surface area contributed by atoms with Crippen molar-refractivity contribution >= 4 is 5.82 Å². The van der Waals surface area contributed by atoms with Crippen LogP contribution in [0.5, 0.6) is 0 Å². The fraction of sp³-hybridized carbons (Fsp3) is 0.615. The van der Waals surface area contributed by atoms with Gasteiger partial charge in [-0.3, -0.25) is 0 Å². The summed E-state index contributed by atoms with van der Waals surface area (Å²) >= 11 is 0. The summed E-state index contributed by atoms with van der Waals surface area (Å²) in [5, 5.41) is 0. The number of anilines is 1. The van der Waals surface area contributed by atoms with E-state index in [1.165, 1.54) is 31.2 Å². The highest BCUT2D eigenvalue weighted by molar-refractivity contribution is 5.39. The Labute approximate surface area is 97.7 Å². The highest BCUT2D eigenvalue weighted by Gasteiger charge is 2.20. The van der Waals surface area contributed by atoms with Gasteiger partial charge in [-0.25, -0.2) is 4.98 Å². The lowest BCUT2D eigenvalue weighted by Crippen LogP contribution is -2.29. The molecule has 16 heavy (non-hydrogen) atoms. The molecule has 3 nitrogen and oxygen atoms in total. The molecule has 0 aliphatic heterocycles. The molecule has 1 aliphatic carbocycles. The molecule has 0 radical (unpaired) electrons. The lowest BCUT2D eigenvalue weighted by Gasteiger charge is -2.25. The quantitative estimate of drug-likeness (QED) is 0.841.